The van der Waals surface area contributed by atoms with E-state index in [1.165, 1.54) is 10.9 Å². The highest BCUT2D eigenvalue weighted by Gasteiger charge is 2.22. The van der Waals surface area contributed by atoms with Crippen molar-refractivity contribution in [3.8, 4) is 0 Å². The number of pyridine rings is 1. The smallest absolute Gasteiger partial charge is 0.0705 e. The van der Waals surface area contributed by atoms with Crippen molar-refractivity contribution in [3.63, 3.8) is 0 Å². The van der Waals surface area contributed by atoms with Crippen LogP contribution in [0.1, 0.15) is 25.1 Å². The topological polar surface area (TPSA) is 12.9 Å². The molecular formula is C19H19N. The van der Waals surface area contributed by atoms with Crippen LogP contribution in [-0.4, -0.2) is 4.98 Å². The molecule has 1 nitrogen and oxygen atoms in total. The van der Waals surface area contributed by atoms with Crippen LogP contribution in [0.3, 0.4) is 0 Å². The van der Waals surface area contributed by atoms with Crippen LogP contribution in [0.4, 0.5) is 0 Å². The van der Waals surface area contributed by atoms with Gasteiger partial charge < -0.3 is 0 Å². The molecule has 1 heteroatoms. The van der Waals surface area contributed by atoms with Gasteiger partial charge in [0.1, 0.15) is 0 Å². The van der Waals surface area contributed by atoms with Gasteiger partial charge in [-0.15, -0.1) is 0 Å². The zero-order chi connectivity index (χ0) is 14.0. The van der Waals surface area contributed by atoms with Crippen LogP contribution in [0, 0.1) is 0 Å². The summed E-state index contributed by atoms with van der Waals surface area (Å²) in [4.78, 5) is 4.84. The quantitative estimate of drug-likeness (QED) is 0.662. The van der Waals surface area contributed by atoms with Crippen molar-refractivity contribution in [2.75, 3.05) is 0 Å². The summed E-state index contributed by atoms with van der Waals surface area (Å²) in [6, 6.07) is 23.2. The van der Waals surface area contributed by atoms with E-state index < -0.39 is 0 Å². The lowest BCUT2D eigenvalue weighted by Crippen LogP contribution is -2.22. The Bertz CT molecular complexity index is 714. The van der Waals surface area contributed by atoms with Crippen LogP contribution in [-0.2, 0) is 11.8 Å². The molecule has 0 spiro atoms. The number of para-hydroxylation sites is 1. The fraction of sp³-hybridized carbons (Fsp3) is 0.211. The molecule has 0 N–H and O–H groups in total. The van der Waals surface area contributed by atoms with Crippen LogP contribution in [0.25, 0.3) is 10.9 Å². The van der Waals surface area contributed by atoms with E-state index in [-0.39, 0.29) is 5.41 Å². The summed E-state index contributed by atoms with van der Waals surface area (Å²) in [6.45, 7) is 4.52. The maximum atomic E-state index is 4.84. The zero-order valence-corrected chi connectivity index (χ0v) is 12.0. The highest BCUT2D eigenvalue weighted by Crippen LogP contribution is 2.27. The molecule has 1 heterocycles. The molecule has 0 bridgehead atoms. The molecule has 0 radical (unpaired) electrons. The van der Waals surface area contributed by atoms with Crippen molar-refractivity contribution in [3.05, 3.63) is 78.0 Å². The van der Waals surface area contributed by atoms with Crippen molar-refractivity contribution in [1.29, 1.82) is 0 Å². The second kappa shape index (κ2) is 5.09. The minimum absolute atomic E-state index is 0.0331. The van der Waals surface area contributed by atoms with Gasteiger partial charge in [-0.3, -0.25) is 4.98 Å². The molecule has 0 unspecified atom stereocenters. The minimum atomic E-state index is 0.0331. The number of fused-ring (bicyclic) bond motifs is 1. The molecular weight excluding hydrogens is 242 g/mol. The molecule has 0 aliphatic rings. The molecule has 3 aromatic rings. The molecule has 0 saturated carbocycles. The predicted molar refractivity (Wildman–Crippen MR) is 84.9 cm³/mol. The van der Waals surface area contributed by atoms with Gasteiger partial charge in [0.15, 0.2) is 0 Å². The Morgan fingerprint density at radius 3 is 2.30 bits per heavy atom. The van der Waals surface area contributed by atoms with E-state index >= 15 is 0 Å². The zero-order valence-electron chi connectivity index (χ0n) is 12.0. The van der Waals surface area contributed by atoms with Gasteiger partial charge >= 0.3 is 0 Å². The van der Waals surface area contributed by atoms with Crippen molar-refractivity contribution in [2.45, 2.75) is 25.7 Å². The first-order chi connectivity index (χ1) is 9.65. The molecule has 20 heavy (non-hydrogen) atoms. The Labute approximate surface area is 120 Å². The maximum absolute atomic E-state index is 4.84. The molecule has 0 amide bonds. The Balaban J connectivity index is 1.96. The van der Waals surface area contributed by atoms with Gasteiger partial charge in [-0.1, -0.05) is 68.4 Å². The normalized spacial score (nSPS) is 11.7. The molecule has 0 saturated heterocycles. The van der Waals surface area contributed by atoms with Gasteiger partial charge in [0, 0.05) is 16.5 Å². The van der Waals surface area contributed by atoms with Gasteiger partial charge in [0.2, 0.25) is 0 Å². The Hall–Kier alpha value is -2.15. The minimum Gasteiger partial charge on any atom is -0.252 e. The third-order valence-electron chi connectivity index (χ3n) is 3.78. The first kappa shape index (κ1) is 12.9. The fourth-order valence-electron chi connectivity index (χ4n) is 2.64. The molecule has 1 aromatic heterocycles. The van der Waals surface area contributed by atoms with Gasteiger partial charge in [-0.05, 0) is 24.1 Å². The number of hydrogen-bond acceptors (Lipinski definition) is 1. The van der Waals surface area contributed by atoms with Gasteiger partial charge in [-0.2, -0.15) is 0 Å². The third kappa shape index (κ3) is 2.57. The molecule has 0 aliphatic heterocycles. The average molecular weight is 261 g/mol. The average Bonchev–Trinajstić information content (AvgIpc) is 2.47. The van der Waals surface area contributed by atoms with Crippen molar-refractivity contribution >= 4 is 10.9 Å². The highest BCUT2D eigenvalue weighted by atomic mass is 14.7. The first-order valence-electron chi connectivity index (χ1n) is 7.05. The summed E-state index contributed by atoms with van der Waals surface area (Å²) in [7, 11) is 0. The summed E-state index contributed by atoms with van der Waals surface area (Å²) in [5, 5.41) is 1.20. The monoisotopic (exact) mass is 261 g/mol. The molecule has 100 valence electrons. The van der Waals surface area contributed by atoms with Gasteiger partial charge in [0.05, 0.1) is 5.52 Å². The Morgan fingerprint density at radius 1 is 0.800 bits per heavy atom. The second-order valence-corrected chi connectivity index (χ2v) is 5.94. The van der Waals surface area contributed by atoms with Crippen LogP contribution in [0.5, 0.6) is 0 Å². The molecule has 0 aliphatic carbocycles. The Morgan fingerprint density at radius 2 is 1.50 bits per heavy atom. The van der Waals surface area contributed by atoms with E-state index in [0.29, 0.717) is 0 Å². The van der Waals surface area contributed by atoms with Gasteiger partial charge in [0.25, 0.3) is 0 Å². The van der Waals surface area contributed by atoms with E-state index in [0.717, 1.165) is 17.6 Å². The molecule has 3 rings (SSSR count). The standard InChI is InChI=1S/C19H19N/c1-19(2,14-15-8-4-3-5-9-15)18-13-12-16-10-6-7-11-17(16)20-18/h3-13H,14H2,1-2H3. The van der Waals surface area contributed by atoms with E-state index in [1.54, 1.807) is 0 Å². The van der Waals surface area contributed by atoms with Crippen LogP contribution in [0.2, 0.25) is 0 Å². The summed E-state index contributed by atoms with van der Waals surface area (Å²) >= 11 is 0. The molecule has 0 fully saturated rings. The molecule has 0 atom stereocenters. The number of rotatable bonds is 3. The second-order valence-electron chi connectivity index (χ2n) is 5.94. The van der Waals surface area contributed by atoms with E-state index in [4.69, 9.17) is 4.98 Å². The first-order valence-corrected chi connectivity index (χ1v) is 7.05. The predicted octanol–water partition coefficient (Wildman–Crippen LogP) is 4.76. The largest absolute Gasteiger partial charge is 0.252 e. The summed E-state index contributed by atoms with van der Waals surface area (Å²) in [6.07, 6.45) is 0.999. The lowest BCUT2D eigenvalue weighted by atomic mass is 9.82. The number of benzene rings is 2. The lowest BCUT2D eigenvalue weighted by molar-refractivity contribution is 0.507. The van der Waals surface area contributed by atoms with Crippen LogP contribution < -0.4 is 0 Å². The summed E-state index contributed by atoms with van der Waals surface area (Å²) < 4.78 is 0. The number of nitrogens with zero attached hydrogens (tertiary/aromatic N) is 1. The van der Waals surface area contributed by atoms with Crippen LogP contribution >= 0.6 is 0 Å². The van der Waals surface area contributed by atoms with Gasteiger partial charge in [-0.25, -0.2) is 0 Å². The van der Waals surface area contributed by atoms with E-state index in [9.17, 15) is 0 Å². The SMILES string of the molecule is CC(C)(Cc1ccccc1)c1ccc2ccccc2n1. The van der Waals surface area contributed by atoms with Crippen molar-refractivity contribution in [2.24, 2.45) is 0 Å². The number of aromatic nitrogens is 1. The van der Waals surface area contributed by atoms with Crippen molar-refractivity contribution < 1.29 is 0 Å². The summed E-state index contributed by atoms with van der Waals surface area (Å²) in [5.74, 6) is 0. The molecule has 2 aromatic carbocycles. The highest BCUT2D eigenvalue weighted by molar-refractivity contribution is 5.78. The Kier molecular flexibility index (Phi) is 3.27. The van der Waals surface area contributed by atoms with Crippen molar-refractivity contribution in [1.82, 2.24) is 4.98 Å². The lowest BCUT2D eigenvalue weighted by Gasteiger charge is -2.24. The van der Waals surface area contributed by atoms with E-state index in [1.807, 2.05) is 6.07 Å². The van der Waals surface area contributed by atoms with E-state index in [2.05, 4.69) is 74.5 Å². The summed E-state index contributed by atoms with van der Waals surface area (Å²) in [5.41, 5.74) is 3.62. The third-order valence-corrected chi connectivity index (χ3v) is 3.78. The fourth-order valence-corrected chi connectivity index (χ4v) is 2.64. The number of hydrogen-bond donors (Lipinski definition) is 0. The van der Waals surface area contributed by atoms with Crippen LogP contribution in [0.15, 0.2) is 66.7 Å². The maximum Gasteiger partial charge on any atom is 0.0705 e.